The van der Waals surface area contributed by atoms with Crippen molar-refractivity contribution in [3.63, 3.8) is 0 Å². The van der Waals surface area contributed by atoms with E-state index in [0.717, 1.165) is 16.7 Å². The van der Waals surface area contributed by atoms with Gasteiger partial charge in [0.05, 0.1) is 12.5 Å². The summed E-state index contributed by atoms with van der Waals surface area (Å²) in [6.45, 7) is 1.80. The summed E-state index contributed by atoms with van der Waals surface area (Å²) < 4.78 is 6.53. The average molecular weight is 346 g/mol. The SMILES string of the molecule is C[C@@H](CC(=O)O)OC(c1ccccc1)(c1ccccc1)c1ccccc1. The lowest BCUT2D eigenvalue weighted by molar-refractivity contribution is -0.142. The molecule has 0 saturated heterocycles. The molecule has 3 aromatic carbocycles. The highest BCUT2D eigenvalue weighted by Crippen LogP contribution is 2.41. The summed E-state index contributed by atoms with van der Waals surface area (Å²) in [6.07, 6.45) is -0.526. The number of carboxylic acid groups (broad SMARTS) is 1. The number of carboxylic acids is 1. The summed E-state index contributed by atoms with van der Waals surface area (Å²) in [5, 5.41) is 9.21. The van der Waals surface area contributed by atoms with Gasteiger partial charge >= 0.3 is 5.97 Å². The minimum atomic E-state index is -0.876. The largest absolute Gasteiger partial charge is 0.481 e. The molecule has 0 heterocycles. The molecule has 0 fully saturated rings. The Balaban J connectivity index is 2.23. The lowest BCUT2D eigenvalue weighted by atomic mass is 9.80. The fourth-order valence-corrected chi connectivity index (χ4v) is 3.31. The standard InChI is InChI=1S/C23H22O3/c1-18(17-22(24)25)26-23(19-11-5-2-6-12-19,20-13-7-3-8-14-20)21-15-9-4-10-16-21/h2-16,18H,17H2,1H3,(H,24,25)/t18-/m0/s1. The van der Waals surface area contributed by atoms with Crippen LogP contribution in [0.2, 0.25) is 0 Å². The fourth-order valence-electron chi connectivity index (χ4n) is 3.31. The van der Waals surface area contributed by atoms with E-state index in [2.05, 4.69) is 0 Å². The number of hydrogen-bond acceptors (Lipinski definition) is 2. The second-order valence-electron chi connectivity index (χ2n) is 6.31. The molecular formula is C23H22O3. The third-order valence-electron chi connectivity index (χ3n) is 4.38. The van der Waals surface area contributed by atoms with Crippen LogP contribution in [0.25, 0.3) is 0 Å². The van der Waals surface area contributed by atoms with Crippen LogP contribution in [-0.2, 0) is 15.1 Å². The third kappa shape index (κ3) is 3.68. The Morgan fingerprint density at radius 2 is 1.15 bits per heavy atom. The second kappa shape index (κ2) is 7.98. The van der Waals surface area contributed by atoms with Crippen molar-refractivity contribution < 1.29 is 14.6 Å². The number of carbonyl (C=O) groups is 1. The summed E-state index contributed by atoms with van der Waals surface area (Å²) in [4.78, 5) is 11.2. The summed E-state index contributed by atoms with van der Waals surface area (Å²) in [5.41, 5.74) is 2.03. The van der Waals surface area contributed by atoms with E-state index in [-0.39, 0.29) is 6.42 Å². The molecule has 1 N–H and O–H groups in total. The maximum Gasteiger partial charge on any atom is 0.305 e. The van der Waals surface area contributed by atoms with Gasteiger partial charge in [0.1, 0.15) is 5.60 Å². The first-order chi connectivity index (χ1) is 12.6. The zero-order chi connectivity index (χ0) is 18.4. The number of aliphatic carboxylic acids is 1. The molecule has 3 aromatic rings. The van der Waals surface area contributed by atoms with Gasteiger partial charge in [-0.2, -0.15) is 0 Å². The Hall–Kier alpha value is -2.91. The van der Waals surface area contributed by atoms with E-state index >= 15 is 0 Å². The molecule has 26 heavy (non-hydrogen) atoms. The highest BCUT2D eigenvalue weighted by atomic mass is 16.5. The van der Waals surface area contributed by atoms with Crippen LogP contribution in [0.3, 0.4) is 0 Å². The van der Waals surface area contributed by atoms with Crippen LogP contribution in [0, 0.1) is 0 Å². The molecule has 0 aromatic heterocycles. The van der Waals surface area contributed by atoms with E-state index < -0.39 is 17.7 Å². The van der Waals surface area contributed by atoms with Gasteiger partial charge in [-0.1, -0.05) is 91.0 Å². The molecule has 0 amide bonds. The molecule has 3 heteroatoms. The average Bonchev–Trinajstić information content (AvgIpc) is 2.67. The molecule has 3 nitrogen and oxygen atoms in total. The van der Waals surface area contributed by atoms with E-state index in [4.69, 9.17) is 4.74 Å². The van der Waals surface area contributed by atoms with Gasteiger partial charge < -0.3 is 9.84 Å². The van der Waals surface area contributed by atoms with Gasteiger partial charge in [0, 0.05) is 0 Å². The van der Waals surface area contributed by atoms with Crippen LogP contribution >= 0.6 is 0 Å². The van der Waals surface area contributed by atoms with Gasteiger partial charge in [0.15, 0.2) is 0 Å². The Kier molecular flexibility index (Phi) is 5.49. The number of ether oxygens (including phenoxy) is 1. The molecular weight excluding hydrogens is 324 g/mol. The van der Waals surface area contributed by atoms with Crippen LogP contribution in [0.15, 0.2) is 91.0 Å². The highest BCUT2D eigenvalue weighted by molar-refractivity contribution is 5.67. The Morgan fingerprint density at radius 3 is 1.46 bits per heavy atom. The van der Waals surface area contributed by atoms with Gasteiger partial charge in [0.2, 0.25) is 0 Å². The van der Waals surface area contributed by atoms with Crippen molar-refractivity contribution in [2.24, 2.45) is 0 Å². The fraction of sp³-hybridized carbons (Fsp3) is 0.174. The van der Waals surface area contributed by atoms with E-state index in [1.807, 2.05) is 91.0 Å². The smallest absolute Gasteiger partial charge is 0.305 e. The molecule has 0 spiro atoms. The van der Waals surface area contributed by atoms with Crippen molar-refractivity contribution >= 4 is 5.97 Å². The maximum absolute atomic E-state index is 11.2. The zero-order valence-corrected chi connectivity index (χ0v) is 14.7. The minimum Gasteiger partial charge on any atom is -0.481 e. The number of rotatable bonds is 7. The van der Waals surface area contributed by atoms with E-state index in [1.54, 1.807) is 6.92 Å². The summed E-state index contributed by atoms with van der Waals surface area (Å²) in [7, 11) is 0. The van der Waals surface area contributed by atoms with Gasteiger partial charge in [-0.15, -0.1) is 0 Å². The van der Waals surface area contributed by atoms with Crippen molar-refractivity contribution in [2.45, 2.75) is 25.0 Å². The zero-order valence-electron chi connectivity index (χ0n) is 14.7. The van der Waals surface area contributed by atoms with Crippen molar-refractivity contribution in [2.75, 3.05) is 0 Å². The molecule has 0 aliphatic heterocycles. The predicted octanol–water partition coefficient (Wildman–Crippen LogP) is 4.86. The van der Waals surface area contributed by atoms with E-state index in [9.17, 15) is 9.90 Å². The van der Waals surface area contributed by atoms with E-state index in [1.165, 1.54) is 0 Å². The van der Waals surface area contributed by atoms with Gasteiger partial charge in [-0.05, 0) is 23.6 Å². The Morgan fingerprint density at radius 1 is 0.808 bits per heavy atom. The molecule has 0 aliphatic carbocycles. The first-order valence-electron chi connectivity index (χ1n) is 8.69. The summed E-state index contributed by atoms with van der Waals surface area (Å²) in [6, 6.07) is 29.9. The molecule has 0 radical (unpaired) electrons. The number of benzene rings is 3. The third-order valence-corrected chi connectivity index (χ3v) is 4.38. The number of hydrogen-bond donors (Lipinski definition) is 1. The Bertz CT molecular complexity index is 732. The predicted molar refractivity (Wildman–Crippen MR) is 102 cm³/mol. The molecule has 0 bridgehead atoms. The van der Waals surface area contributed by atoms with Gasteiger partial charge in [-0.25, -0.2) is 0 Å². The van der Waals surface area contributed by atoms with Crippen LogP contribution in [-0.4, -0.2) is 17.2 Å². The molecule has 3 rings (SSSR count). The monoisotopic (exact) mass is 346 g/mol. The van der Waals surface area contributed by atoms with Crippen molar-refractivity contribution in [3.05, 3.63) is 108 Å². The molecule has 0 unspecified atom stereocenters. The first kappa shape index (κ1) is 17.9. The van der Waals surface area contributed by atoms with Crippen molar-refractivity contribution in [1.82, 2.24) is 0 Å². The first-order valence-corrected chi connectivity index (χ1v) is 8.69. The van der Waals surface area contributed by atoms with Crippen LogP contribution in [0.1, 0.15) is 30.0 Å². The lowest BCUT2D eigenvalue weighted by Crippen LogP contribution is -2.36. The summed E-state index contributed by atoms with van der Waals surface area (Å²) in [5.74, 6) is -0.874. The van der Waals surface area contributed by atoms with Crippen LogP contribution < -0.4 is 0 Å². The van der Waals surface area contributed by atoms with E-state index in [0.29, 0.717) is 0 Å². The molecule has 132 valence electrons. The molecule has 1 atom stereocenters. The summed E-state index contributed by atoms with van der Waals surface area (Å²) >= 11 is 0. The Labute approximate surface area is 153 Å². The van der Waals surface area contributed by atoms with Crippen LogP contribution in [0.4, 0.5) is 0 Å². The second-order valence-corrected chi connectivity index (χ2v) is 6.31. The quantitative estimate of drug-likeness (QED) is 0.622. The molecule has 0 aliphatic rings. The topological polar surface area (TPSA) is 46.5 Å². The maximum atomic E-state index is 11.2. The van der Waals surface area contributed by atoms with Crippen molar-refractivity contribution in [1.29, 1.82) is 0 Å². The van der Waals surface area contributed by atoms with Crippen molar-refractivity contribution in [3.8, 4) is 0 Å². The van der Waals surface area contributed by atoms with Gasteiger partial charge in [0.25, 0.3) is 0 Å². The highest BCUT2D eigenvalue weighted by Gasteiger charge is 2.39. The molecule has 0 saturated carbocycles. The normalized spacial score (nSPS) is 12.5. The lowest BCUT2D eigenvalue weighted by Gasteiger charge is -2.38. The minimum absolute atomic E-state index is 0.0613. The van der Waals surface area contributed by atoms with Gasteiger partial charge in [-0.3, -0.25) is 4.79 Å². The van der Waals surface area contributed by atoms with Crippen LogP contribution in [0.5, 0.6) is 0 Å².